The summed E-state index contributed by atoms with van der Waals surface area (Å²) in [6, 6.07) is 5.61. The van der Waals surface area contributed by atoms with Crippen LogP contribution in [0.15, 0.2) is 24.4 Å². The molecule has 0 unspecified atom stereocenters. The monoisotopic (exact) mass is 289 g/mol. The van der Waals surface area contributed by atoms with Gasteiger partial charge < -0.3 is 14.4 Å². The van der Waals surface area contributed by atoms with Gasteiger partial charge in [-0.05, 0) is 13.0 Å². The minimum Gasteiger partial charge on any atom is -0.493 e. The fraction of sp³-hybridized carbons (Fsp3) is 0.333. The Balaban J connectivity index is 2.22. The summed E-state index contributed by atoms with van der Waals surface area (Å²) >= 11 is 0. The number of H-pyrrole nitrogens is 1. The smallest absolute Gasteiger partial charge is 0.257 e. The van der Waals surface area contributed by atoms with Gasteiger partial charge in [-0.3, -0.25) is 9.89 Å². The molecule has 2 aromatic rings. The summed E-state index contributed by atoms with van der Waals surface area (Å²) in [4.78, 5) is 14.0. The number of benzene rings is 1. The Morgan fingerprint density at radius 2 is 2.10 bits per heavy atom. The zero-order valence-electron chi connectivity index (χ0n) is 12.6. The van der Waals surface area contributed by atoms with Crippen LogP contribution in [-0.2, 0) is 6.54 Å². The molecular weight excluding hydrogens is 270 g/mol. The Morgan fingerprint density at radius 1 is 1.33 bits per heavy atom. The van der Waals surface area contributed by atoms with Gasteiger partial charge in [-0.1, -0.05) is 12.1 Å². The number of para-hydroxylation sites is 1. The maximum atomic E-state index is 12.4. The molecule has 0 saturated heterocycles. The number of hydrogen-bond acceptors (Lipinski definition) is 4. The number of aromatic nitrogens is 2. The first kappa shape index (κ1) is 14.9. The van der Waals surface area contributed by atoms with E-state index in [4.69, 9.17) is 9.47 Å². The maximum Gasteiger partial charge on any atom is 0.257 e. The van der Waals surface area contributed by atoms with Crippen LogP contribution in [0.2, 0.25) is 0 Å². The van der Waals surface area contributed by atoms with Gasteiger partial charge in [0.05, 0.1) is 26.0 Å². The third-order valence-corrected chi connectivity index (χ3v) is 3.30. The number of aryl methyl sites for hydroxylation is 1. The van der Waals surface area contributed by atoms with Gasteiger partial charge in [-0.2, -0.15) is 5.10 Å². The Kier molecular flexibility index (Phi) is 4.47. The summed E-state index contributed by atoms with van der Waals surface area (Å²) in [6.45, 7) is 2.24. The van der Waals surface area contributed by atoms with Crippen LogP contribution in [0.25, 0.3) is 0 Å². The summed E-state index contributed by atoms with van der Waals surface area (Å²) in [5, 5.41) is 6.64. The number of hydrogen-bond donors (Lipinski definition) is 1. The van der Waals surface area contributed by atoms with Crippen LogP contribution in [0.4, 0.5) is 0 Å². The molecule has 0 atom stereocenters. The van der Waals surface area contributed by atoms with E-state index >= 15 is 0 Å². The predicted octanol–water partition coefficient (Wildman–Crippen LogP) is 2.01. The molecule has 0 spiro atoms. The van der Waals surface area contributed by atoms with Crippen molar-refractivity contribution in [3.05, 3.63) is 41.2 Å². The number of aromatic amines is 1. The average molecular weight is 289 g/mol. The summed E-state index contributed by atoms with van der Waals surface area (Å²) in [5.74, 6) is 1.20. The highest BCUT2D eigenvalue weighted by molar-refractivity contribution is 5.94. The van der Waals surface area contributed by atoms with Gasteiger partial charge in [0.1, 0.15) is 0 Å². The molecule has 1 amide bonds. The molecule has 112 valence electrons. The predicted molar refractivity (Wildman–Crippen MR) is 78.7 cm³/mol. The van der Waals surface area contributed by atoms with Crippen LogP contribution < -0.4 is 9.47 Å². The normalized spacial score (nSPS) is 10.3. The summed E-state index contributed by atoms with van der Waals surface area (Å²) < 4.78 is 10.6. The van der Waals surface area contributed by atoms with E-state index in [1.807, 2.05) is 25.1 Å². The van der Waals surface area contributed by atoms with Crippen molar-refractivity contribution >= 4 is 5.91 Å². The number of carbonyl (C=O) groups excluding carboxylic acids is 1. The fourth-order valence-electron chi connectivity index (χ4n) is 2.18. The van der Waals surface area contributed by atoms with E-state index in [1.165, 1.54) is 6.20 Å². The van der Waals surface area contributed by atoms with Crippen molar-refractivity contribution in [2.24, 2.45) is 0 Å². The first-order valence-electron chi connectivity index (χ1n) is 6.53. The lowest BCUT2D eigenvalue weighted by Crippen LogP contribution is -2.26. The van der Waals surface area contributed by atoms with E-state index in [-0.39, 0.29) is 5.91 Å². The number of amides is 1. The van der Waals surface area contributed by atoms with Crippen molar-refractivity contribution in [1.29, 1.82) is 0 Å². The highest BCUT2D eigenvalue weighted by Crippen LogP contribution is 2.31. The van der Waals surface area contributed by atoms with Crippen LogP contribution in [0, 0.1) is 6.92 Å². The summed E-state index contributed by atoms with van der Waals surface area (Å²) in [5.41, 5.74) is 2.21. The Morgan fingerprint density at radius 3 is 2.67 bits per heavy atom. The minimum absolute atomic E-state index is 0.0916. The van der Waals surface area contributed by atoms with Gasteiger partial charge in [0.2, 0.25) is 0 Å². The third kappa shape index (κ3) is 2.99. The number of ether oxygens (including phenoxy) is 2. The van der Waals surface area contributed by atoms with E-state index in [9.17, 15) is 4.79 Å². The van der Waals surface area contributed by atoms with Crippen LogP contribution in [0.1, 0.15) is 21.6 Å². The Bertz CT molecular complexity index is 637. The van der Waals surface area contributed by atoms with Gasteiger partial charge in [0.25, 0.3) is 5.91 Å². The number of carbonyl (C=O) groups is 1. The Labute approximate surface area is 123 Å². The van der Waals surface area contributed by atoms with Crippen LogP contribution in [0.3, 0.4) is 0 Å². The molecule has 0 radical (unpaired) electrons. The van der Waals surface area contributed by atoms with Crippen LogP contribution >= 0.6 is 0 Å². The lowest BCUT2D eigenvalue weighted by Gasteiger charge is -2.19. The number of rotatable bonds is 5. The zero-order valence-corrected chi connectivity index (χ0v) is 12.6. The van der Waals surface area contributed by atoms with Crippen molar-refractivity contribution < 1.29 is 14.3 Å². The molecule has 1 N–H and O–H groups in total. The standard InChI is InChI=1S/C15H19N3O3/c1-10-12(8-16-17-10)15(19)18(2)9-11-6-5-7-13(20-3)14(11)21-4/h5-8H,9H2,1-4H3,(H,16,17). The molecule has 1 heterocycles. The summed E-state index contributed by atoms with van der Waals surface area (Å²) in [7, 11) is 4.92. The molecule has 2 rings (SSSR count). The first-order valence-corrected chi connectivity index (χ1v) is 6.53. The molecule has 6 nitrogen and oxygen atoms in total. The second kappa shape index (κ2) is 6.30. The van der Waals surface area contributed by atoms with E-state index < -0.39 is 0 Å². The van der Waals surface area contributed by atoms with Gasteiger partial charge in [0, 0.05) is 24.8 Å². The van der Waals surface area contributed by atoms with Crippen molar-refractivity contribution in [2.75, 3.05) is 21.3 Å². The highest BCUT2D eigenvalue weighted by atomic mass is 16.5. The minimum atomic E-state index is -0.0916. The highest BCUT2D eigenvalue weighted by Gasteiger charge is 2.18. The maximum absolute atomic E-state index is 12.4. The van der Waals surface area contributed by atoms with E-state index in [2.05, 4.69) is 10.2 Å². The van der Waals surface area contributed by atoms with E-state index in [0.717, 1.165) is 11.3 Å². The quantitative estimate of drug-likeness (QED) is 0.914. The van der Waals surface area contributed by atoms with Crippen LogP contribution in [0.5, 0.6) is 11.5 Å². The van der Waals surface area contributed by atoms with Gasteiger partial charge in [0.15, 0.2) is 11.5 Å². The zero-order chi connectivity index (χ0) is 15.4. The second-order valence-electron chi connectivity index (χ2n) is 4.72. The molecule has 21 heavy (non-hydrogen) atoms. The molecule has 0 aliphatic carbocycles. The van der Waals surface area contributed by atoms with Crippen molar-refractivity contribution in [3.63, 3.8) is 0 Å². The number of nitrogens with zero attached hydrogens (tertiary/aromatic N) is 2. The Hall–Kier alpha value is -2.50. The molecule has 0 aliphatic heterocycles. The summed E-state index contributed by atoms with van der Waals surface area (Å²) in [6.07, 6.45) is 1.54. The van der Waals surface area contributed by atoms with Crippen molar-refractivity contribution in [2.45, 2.75) is 13.5 Å². The van der Waals surface area contributed by atoms with Gasteiger partial charge in [-0.25, -0.2) is 0 Å². The second-order valence-corrected chi connectivity index (χ2v) is 4.72. The molecule has 6 heteroatoms. The van der Waals surface area contributed by atoms with E-state index in [0.29, 0.717) is 23.6 Å². The molecule has 1 aromatic carbocycles. The SMILES string of the molecule is COc1cccc(CN(C)C(=O)c2cn[nH]c2C)c1OC. The molecule has 0 saturated carbocycles. The van der Waals surface area contributed by atoms with Crippen LogP contribution in [-0.4, -0.2) is 42.3 Å². The first-order chi connectivity index (χ1) is 10.1. The largest absolute Gasteiger partial charge is 0.493 e. The molecule has 0 fully saturated rings. The lowest BCUT2D eigenvalue weighted by molar-refractivity contribution is 0.0783. The van der Waals surface area contributed by atoms with Crippen molar-refractivity contribution in [1.82, 2.24) is 15.1 Å². The van der Waals surface area contributed by atoms with E-state index in [1.54, 1.807) is 26.2 Å². The van der Waals surface area contributed by atoms with Gasteiger partial charge >= 0.3 is 0 Å². The number of nitrogens with one attached hydrogen (secondary N) is 1. The number of methoxy groups -OCH3 is 2. The lowest BCUT2D eigenvalue weighted by atomic mass is 10.1. The van der Waals surface area contributed by atoms with Crippen molar-refractivity contribution in [3.8, 4) is 11.5 Å². The fourth-order valence-corrected chi connectivity index (χ4v) is 2.18. The third-order valence-electron chi connectivity index (χ3n) is 3.30. The average Bonchev–Trinajstić information content (AvgIpc) is 2.92. The topological polar surface area (TPSA) is 67.5 Å². The van der Waals surface area contributed by atoms with Gasteiger partial charge in [-0.15, -0.1) is 0 Å². The molecule has 0 bridgehead atoms. The molecule has 0 aliphatic rings. The molecular formula is C15H19N3O3. The molecule has 1 aromatic heterocycles.